The summed E-state index contributed by atoms with van der Waals surface area (Å²) in [6.07, 6.45) is 0. The monoisotopic (exact) mass is 460 g/mol. The molecule has 176 valence electrons. The predicted octanol–water partition coefficient (Wildman–Crippen LogP) is 9.01. The smallest absolute Gasteiger partial charge is 0.200 e. The second-order valence-corrected chi connectivity index (χ2v) is 22.7. The summed E-state index contributed by atoms with van der Waals surface area (Å²) < 4.78 is 13.9. The van der Waals surface area contributed by atoms with Gasteiger partial charge in [-0.25, -0.2) is 0 Å². The highest BCUT2D eigenvalue weighted by molar-refractivity contribution is 6.94. The molecule has 0 aliphatic heterocycles. The van der Waals surface area contributed by atoms with Crippen LogP contribution in [0.25, 0.3) is 11.0 Å². The van der Waals surface area contributed by atoms with Crippen molar-refractivity contribution in [3.8, 4) is 0 Å². The quantitative estimate of drug-likeness (QED) is 0.330. The molecule has 0 bridgehead atoms. The van der Waals surface area contributed by atoms with Crippen molar-refractivity contribution in [3.63, 3.8) is 0 Å². The number of para-hydroxylation sites is 1. The SMILES string of the molecule is CC(C)[Si](OCc1c([Si](C(C)C)(C(C)C)C(C)C)oc2ccccc12)(C(C)C)C(C)C. The van der Waals surface area contributed by atoms with Crippen molar-refractivity contribution in [2.24, 2.45) is 0 Å². The van der Waals surface area contributed by atoms with Crippen molar-refractivity contribution in [3.05, 3.63) is 29.8 Å². The van der Waals surface area contributed by atoms with Gasteiger partial charge in [0, 0.05) is 10.9 Å². The highest BCUT2D eigenvalue weighted by Crippen LogP contribution is 2.45. The van der Waals surface area contributed by atoms with Crippen LogP contribution in [0.4, 0.5) is 0 Å². The van der Waals surface area contributed by atoms with Gasteiger partial charge in [0.1, 0.15) is 13.7 Å². The molecule has 4 heteroatoms. The topological polar surface area (TPSA) is 22.4 Å². The summed E-state index contributed by atoms with van der Waals surface area (Å²) in [6, 6.07) is 8.62. The van der Waals surface area contributed by atoms with Gasteiger partial charge in [-0.15, -0.1) is 0 Å². The Morgan fingerprint density at radius 2 is 1.13 bits per heavy atom. The summed E-state index contributed by atoms with van der Waals surface area (Å²) in [5.74, 6) is 0. The summed E-state index contributed by atoms with van der Waals surface area (Å²) in [5, 5.41) is 2.56. The highest BCUT2D eigenvalue weighted by Gasteiger charge is 2.50. The molecule has 0 atom stereocenters. The van der Waals surface area contributed by atoms with E-state index in [-0.39, 0.29) is 0 Å². The molecule has 0 fully saturated rings. The molecule has 0 aliphatic carbocycles. The zero-order valence-corrected chi connectivity index (χ0v) is 24.3. The fourth-order valence-electron chi connectivity index (χ4n) is 7.08. The maximum Gasteiger partial charge on any atom is 0.200 e. The molecular weight excluding hydrogens is 412 g/mol. The van der Waals surface area contributed by atoms with Gasteiger partial charge in [-0.3, -0.25) is 0 Å². The Morgan fingerprint density at radius 1 is 0.677 bits per heavy atom. The van der Waals surface area contributed by atoms with Crippen molar-refractivity contribution < 1.29 is 8.84 Å². The van der Waals surface area contributed by atoms with Crippen molar-refractivity contribution >= 4 is 32.7 Å². The molecule has 2 aromatic rings. The van der Waals surface area contributed by atoms with E-state index >= 15 is 0 Å². The van der Waals surface area contributed by atoms with E-state index in [1.54, 1.807) is 0 Å². The van der Waals surface area contributed by atoms with Crippen LogP contribution in [0.1, 0.15) is 88.6 Å². The number of benzene rings is 1. The van der Waals surface area contributed by atoms with E-state index in [0.29, 0.717) is 39.9 Å². The second-order valence-electron chi connectivity index (χ2n) is 11.4. The first-order chi connectivity index (χ1) is 14.3. The Morgan fingerprint density at radius 3 is 1.55 bits per heavy atom. The Balaban J connectivity index is 2.73. The molecule has 0 unspecified atom stereocenters. The lowest BCUT2D eigenvalue weighted by Gasteiger charge is -2.43. The largest absolute Gasteiger partial charge is 0.466 e. The van der Waals surface area contributed by atoms with Crippen LogP contribution in [-0.2, 0) is 11.0 Å². The van der Waals surface area contributed by atoms with E-state index in [9.17, 15) is 0 Å². The Labute approximate surface area is 194 Å². The summed E-state index contributed by atoms with van der Waals surface area (Å²) in [6.45, 7) is 29.4. The molecule has 1 aromatic heterocycles. The van der Waals surface area contributed by atoms with Gasteiger partial charge in [-0.05, 0) is 39.3 Å². The fourth-order valence-corrected chi connectivity index (χ4v) is 19.1. The second kappa shape index (κ2) is 9.97. The van der Waals surface area contributed by atoms with Crippen LogP contribution in [0, 0.1) is 0 Å². The average molecular weight is 461 g/mol. The fraction of sp³-hybridized carbons (Fsp3) is 0.704. The lowest BCUT2D eigenvalue weighted by Crippen LogP contribution is -2.56. The number of furan rings is 1. The average Bonchev–Trinajstić information content (AvgIpc) is 2.99. The molecule has 2 nitrogen and oxygen atoms in total. The molecule has 0 saturated heterocycles. The van der Waals surface area contributed by atoms with Crippen molar-refractivity contribution in [2.45, 2.75) is 123 Å². The molecule has 1 aromatic carbocycles. The molecule has 0 spiro atoms. The molecule has 0 aliphatic rings. The third-order valence-corrected chi connectivity index (χ3v) is 21.1. The van der Waals surface area contributed by atoms with E-state index < -0.39 is 16.4 Å². The molecule has 0 amide bonds. The highest BCUT2D eigenvalue weighted by atomic mass is 28.4. The van der Waals surface area contributed by atoms with Crippen molar-refractivity contribution in [2.75, 3.05) is 0 Å². The molecular formula is C27H48O2Si2. The van der Waals surface area contributed by atoms with Crippen LogP contribution < -0.4 is 5.38 Å². The van der Waals surface area contributed by atoms with Crippen LogP contribution in [0.15, 0.2) is 28.7 Å². The molecule has 31 heavy (non-hydrogen) atoms. The maximum absolute atomic E-state index is 7.14. The summed E-state index contributed by atoms with van der Waals surface area (Å²) in [5.41, 5.74) is 5.93. The van der Waals surface area contributed by atoms with Gasteiger partial charge in [0.2, 0.25) is 8.32 Å². The third kappa shape index (κ3) is 4.37. The summed E-state index contributed by atoms with van der Waals surface area (Å²) in [4.78, 5) is 0. The van der Waals surface area contributed by atoms with Crippen LogP contribution in [0.3, 0.4) is 0 Å². The Kier molecular flexibility index (Phi) is 8.49. The molecule has 0 radical (unpaired) electrons. The van der Waals surface area contributed by atoms with E-state index in [0.717, 1.165) is 5.58 Å². The molecule has 2 rings (SSSR count). The zero-order chi connectivity index (χ0) is 23.7. The third-order valence-electron chi connectivity index (χ3n) is 8.13. The van der Waals surface area contributed by atoms with Crippen molar-refractivity contribution in [1.29, 1.82) is 0 Å². The standard InChI is InChI=1S/C27H48O2Si2/c1-18(2)30(19(3)4,20(5)6)27-25(24-15-13-14-16-26(24)29-27)17-28-31(21(7)8,22(9)10)23(11)12/h13-16,18-23H,17H2,1-12H3. The molecule has 1 heterocycles. The van der Waals surface area contributed by atoms with Gasteiger partial charge in [0.15, 0.2) is 0 Å². The summed E-state index contributed by atoms with van der Waals surface area (Å²) in [7, 11) is -3.90. The van der Waals surface area contributed by atoms with E-state index in [4.69, 9.17) is 8.84 Å². The summed E-state index contributed by atoms with van der Waals surface area (Å²) >= 11 is 0. The van der Waals surface area contributed by atoms with Gasteiger partial charge in [0.25, 0.3) is 0 Å². The molecule has 0 N–H and O–H groups in total. The first-order valence-electron chi connectivity index (χ1n) is 12.5. The minimum Gasteiger partial charge on any atom is -0.466 e. The normalized spacial score (nSPS) is 13.9. The number of hydrogen-bond acceptors (Lipinski definition) is 2. The van der Waals surface area contributed by atoms with Gasteiger partial charge in [-0.1, -0.05) is 101 Å². The number of fused-ring (bicyclic) bond motifs is 1. The van der Waals surface area contributed by atoms with Crippen LogP contribution in [0.5, 0.6) is 0 Å². The van der Waals surface area contributed by atoms with Gasteiger partial charge in [-0.2, -0.15) is 0 Å². The van der Waals surface area contributed by atoms with E-state index in [1.807, 2.05) is 0 Å². The van der Waals surface area contributed by atoms with Crippen LogP contribution in [-0.4, -0.2) is 16.4 Å². The van der Waals surface area contributed by atoms with Gasteiger partial charge in [0.05, 0.1) is 12.0 Å². The lowest BCUT2D eigenvalue weighted by molar-refractivity contribution is 0.267. The number of hydrogen-bond donors (Lipinski definition) is 0. The first-order valence-corrected chi connectivity index (χ1v) is 16.9. The Hall–Kier alpha value is -0.846. The lowest BCUT2D eigenvalue weighted by atomic mass is 10.2. The van der Waals surface area contributed by atoms with Gasteiger partial charge >= 0.3 is 0 Å². The van der Waals surface area contributed by atoms with Crippen molar-refractivity contribution in [1.82, 2.24) is 0 Å². The van der Waals surface area contributed by atoms with Crippen LogP contribution >= 0.6 is 0 Å². The maximum atomic E-state index is 7.14. The Bertz CT molecular complexity index is 802. The first kappa shape index (κ1) is 26.4. The van der Waals surface area contributed by atoms with E-state index in [2.05, 4.69) is 107 Å². The predicted molar refractivity (Wildman–Crippen MR) is 143 cm³/mol. The van der Waals surface area contributed by atoms with E-state index in [1.165, 1.54) is 16.3 Å². The molecule has 0 saturated carbocycles. The van der Waals surface area contributed by atoms with Crippen LogP contribution in [0.2, 0.25) is 33.2 Å². The minimum absolute atomic E-state index is 0.580. The minimum atomic E-state index is -1.96. The number of rotatable bonds is 10. The zero-order valence-electron chi connectivity index (χ0n) is 22.3. The van der Waals surface area contributed by atoms with Gasteiger partial charge < -0.3 is 8.84 Å².